The monoisotopic (exact) mass is 178 g/mol. The molecule has 0 atom stereocenters. The van der Waals surface area contributed by atoms with Crippen LogP contribution < -0.4 is 0 Å². The van der Waals surface area contributed by atoms with Crippen LogP contribution in [0.15, 0.2) is 0 Å². The highest BCUT2D eigenvalue weighted by Gasteiger charge is 2.40. The van der Waals surface area contributed by atoms with Crippen LogP contribution in [0.25, 0.3) is 0 Å². The predicted molar refractivity (Wildman–Crippen MR) is 52.1 cm³/mol. The van der Waals surface area contributed by atoms with Crippen molar-refractivity contribution in [1.29, 1.82) is 0 Å². The maximum Gasteiger partial charge on any atom is 0.0740 e. The lowest BCUT2D eigenvalue weighted by Crippen LogP contribution is -2.46. The van der Waals surface area contributed by atoms with Gasteiger partial charge in [0, 0.05) is 19.0 Å². The number of rotatable bonds is 1. The molecule has 0 unspecified atom stereocenters. The van der Waals surface area contributed by atoms with Crippen molar-refractivity contribution < 1.29 is 5.11 Å². The third kappa shape index (κ3) is 1.89. The van der Waals surface area contributed by atoms with Crippen molar-refractivity contribution >= 4 is 0 Å². The molecule has 2 rings (SSSR count). The van der Waals surface area contributed by atoms with Gasteiger partial charge in [-0.3, -0.25) is 0 Å². The highest BCUT2D eigenvalue weighted by Crippen LogP contribution is 2.39. The Morgan fingerprint density at radius 1 is 1.23 bits per heavy atom. The second-order valence-electron chi connectivity index (χ2n) is 4.01. The van der Waals surface area contributed by atoms with Gasteiger partial charge in [0.05, 0.1) is 5.60 Å². The average Bonchev–Trinajstić information content (AvgIpc) is 2.63. The van der Waals surface area contributed by atoms with Crippen LogP contribution >= 0.6 is 0 Å². The van der Waals surface area contributed by atoms with Crippen LogP contribution in [-0.2, 0) is 0 Å². The second-order valence-corrected chi connectivity index (χ2v) is 4.01. The molecule has 1 N–H and O–H groups in total. The first kappa shape index (κ1) is 9.47. The Balaban J connectivity index is 1.95. The van der Waals surface area contributed by atoms with Gasteiger partial charge in [-0.25, -0.2) is 0 Å². The van der Waals surface area contributed by atoms with Gasteiger partial charge in [0.1, 0.15) is 0 Å². The molecule has 0 amide bonds. The number of likely N-dealkylation sites (tertiary alicyclic amines) is 1. The van der Waals surface area contributed by atoms with Gasteiger partial charge in [0.2, 0.25) is 0 Å². The molecule has 1 aliphatic heterocycles. The van der Waals surface area contributed by atoms with E-state index >= 15 is 0 Å². The summed E-state index contributed by atoms with van der Waals surface area (Å²) in [6.07, 6.45) is 9.73. The fourth-order valence-corrected chi connectivity index (χ4v) is 1.96. The van der Waals surface area contributed by atoms with Crippen LogP contribution in [0, 0.1) is 31.6 Å². The molecule has 2 heteroatoms. The Kier molecular flexibility index (Phi) is 2.61. The molecule has 1 aliphatic carbocycles. The molecule has 13 heavy (non-hydrogen) atoms. The van der Waals surface area contributed by atoms with Crippen LogP contribution in [0.5, 0.6) is 0 Å². The molecule has 71 valence electrons. The van der Waals surface area contributed by atoms with Crippen molar-refractivity contribution in [3.8, 4) is 0 Å². The van der Waals surface area contributed by atoms with Crippen molar-refractivity contribution in [3.05, 3.63) is 31.6 Å². The summed E-state index contributed by atoms with van der Waals surface area (Å²) in [5.41, 5.74) is -0.560. The normalized spacial score (nSPS) is 30.9. The van der Waals surface area contributed by atoms with Gasteiger partial charge in [0.15, 0.2) is 0 Å². The zero-order valence-corrected chi connectivity index (χ0v) is 8.03. The Bertz CT molecular complexity index is 167. The number of aliphatic hydroxyl groups is 1. The smallest absolute Gasteiger partial charge is 0.0740 e. The van der Waals surface area contributed by atoms with Crippen LogP contribution in [0.4, 0.5) is 0 Å². The summed E-state index contributed by atoms with van der Waals surface area (Å²) in [7, 11) is 2.10. The van der Waals surface area contributed by atoms with Crippen LogP contribution in [-0.4, -0.2) is 35.7 Å². The lowest BCUT2D eigenvalue weighted by Gasteiger charge is -2.40. The van der Waals surface area contributed by atoms with E-state index in [2.05, 4.69) is 11.9 Å². The highest BCUT2D eigenvalue weighted by atomic mass is 16.3. The van der Waals surface area contributed by atoms with E-state index in [-0.39, 0.29) is 0 Å². The Morgan fingerprint density at radius 3 is 2.31 bits per heavy atom. The minimum Gasteiger partial charge on any atom is -0.389 e. The molecule has 0 aromatic carbocycles. The van der Waals surface area contributed by atoms with E-state index in [1.165, 1.54) is 0 Å². The molecule has 2 fully saturated rings. The summed E-state index contributed by atoms with van der Waals surface area (Å²) in [6, 6.07) is 0. The molecule has 0 bridgehead atoms. The lowest BCUT2D eigenvalue weighted by atomic mass is 9.79. The summed E-state index contributed by atoms with van der Waals surface area (Å²) in [6.45, 7) is 1.98. The zero-order chi connectivity index (χ0) is 9.31. The summed E-state index contributed by atoms with van der Waals surface area (Å²) in [5, 5.41) is 10.3. The Hall–Kier alpha value is -0.0800. The van der Waals surface area contributed by atoms with Crippen LogP contribution in [0.2, 0.25) is 0 Å². The summed E-state index contributed by atoms with van der Waals surface area (Å²) >= 11 is 0. The number of hydrogen-bond acceptors (Lipinski definition) is 2. The van der Waals surface area contributed by atoms with Crippen LogP contribution in [0.3, 0.4) is 0 Å². The van der Waals surface area contributed by atoms with Gasteiger partial charge >= 0.3 is 0 Å². The zero-order valence-electron chi connectivity index (χ0n) is 8.03. The molecule has 0 aromatic rings. The minimum absolute atomic E-state index is 0.560. The Morgan fingerprint density at radius 2 is 1.77 bits per heavy atom. The molecule has 0 spiro atoms. The number of piperidine rings is 1. The number of nitrogens with zero attached hydrogens (tertiary/aromatic N) is 1. The predicted octanol–water partition coefficient (Wildman–Crippen LogP) is 0.848. The molecule has 0 aromatic heterocycles. The third-order valence-electron chi connectivity index (χ3n) is 3.01. The molecule has 1 heterocycles. The summed E-state index contributed by atoms with van der Waals surface area (Å²) < 4.78 is 0. The van der Waals surface area contributed by atoms with E-state index in [9.17, 15) is 5.11 Å². The van der Waals surface area contributed by atoms with E-state index in [1.54, 1.807) is 0 Å². The van der Waals surface area contributed by atoms with Gasteiger partial charge in [-0.1, -0.05) is 0 Å². The van der Waals surface area contributed by atoms with Gasteiger partial charge in [-0.2, -0.15) is 0 Å². The van der Waals surface area contributed by atoms with E-state index < -0.39 is 5.60 Å². The van der Waals surface area contributed by atoms with E-state index in [0.717, 1.165) is 31.8 Å². The highest BCUT2D eigenvalue weighted by molar-refractivity contribution is 5.41. The molecule has 1 saturated carbocycles. The van der Waals surface area contributed by atoms with E-state index in [0.29, 0.717) is 0 Å². The van der Waals surface area contributed by atoms with Gasteiger partial charge in [-0.15, -0.1) is 0 Å². The van der Waals surface area contributed by atoms with Crippen molar-refractivity contribution in [2.45, 2.75) is 18.4 Å². The maximum atomic E-state index is 10.3. The maximum absolute atomic E-state index is 10.3. The number of hydrogen-bond donors (Lipinski definition) is 1. The van der Waals surface area contributed by atoms with E-state index in [1.807, 2.05) is 25.7 Å². The first-order chi connectivity index (χ1) is 6.21. The molecule has 5 radical (unpaired) electrons. The fraction of sp³-hybridized carbons (Fsp3) is 0.545. The van der Waals surface area contributed by atoms with Crippen molar-refractivity contribution in [3.63, 3.8) is 0 Å². The average molecular weight is 178 g/mol. The van der Waals surface area contributed by atoms with Crippen molar-refractivity contribution in [2.75, 3.05) is 20.1 Å². The molecule has 2 aliphatic rings. The topological polar surface area (TPSA) is 23.5 Å². The molecule has 2 nitrogen and oxygen atoms in total. The lowest BCUT2D eigenvalue weighted by molar-refractivity contribution is 0.00385. The van der Waals surface area contributed by atoms with Crippen LogP contribution in [0.1, 0.15) is 12.8 Å². The van der Waals surface area contributed by atoms with Gasteiger partial charge in [-0.05, 0) is 45.6 Å². The van der Waals surface area contributed by atoms with Gasteiger partial charge < -0.3 is 10.0 Å². The van der Waals surface area contributed by atoms with Crippen molar-refractivity contribution in [1.82, 2.24) is 4.90 Å². The largest absolute Gasteiger partial charge is 0.389 e. The quantitative estimate of drug-likeness (QED) is 0.643. The summed E-state index contributed by atoms with van der Waals surface area (Å²) in [4.78, 5) is 2.26. The standard InChI is InChI=1S/C11H16NO/c1-12-8-6-11(13,7-9-12)10-4-2-3-5-10/h2-5,13H,6-9H2,1H3. The van der Waals surface area contributed by atoms with Gasteiger partial charge in [0.25, 0.3) is 0 Å². The first-order valence-electron chi connectivity index (χ1n) is 4.84. The minimum atomic E-state index is -0.560. The molecular weight excluding hydrogens is 162 g/mol. The Labute approximate surface area is 80.9 Å². The summed E-state index contributed by atoms with van der Waals surface area (Å²) in [5.74, 6) is 1.08. The SMILES string of the molecule is CN1CCC(O)([C]2[CH][CH][CH][CH]2)CC1. The molecular formula is C11H16NO. The second kappa shape index (κ2) is 3.58. The molecule has 1 saturated heterocycles. The van der Waals surface area contributed by atoms with E-state index in [4.69, 9.17) is 0 Å². The van der Waals surface area contributed by atoms with Crippen molar-refractivity contribution in [2.24, 2.45) is 0 Å². The first-order valence-corrected chi connectivity index (χ1v) is 4.84. The fourth-order valence-electron chi connectivity index (χ4n) is 1.96. The third-order valence-corrected chi connectivity index (χ3v) is 3.01.